The highest BCUT2D eigenvalue weighted by molar-refractivity contribution is 8.21. The van der Waals surface area contributed by atoms with E-state index in [1.54, 1.807) is 0 Å². The van der Waals surface area contributed by atoms with Crippen LogP contribution in [0.25, 0.3) is 0 Å². The van der Waals surface area contributed by atoms with Crippen molar-refractivity contribution in [2.24, 2.45) is 0 Å². The van der Waals surface area contributed by atoms with Crippen LogP contribution in [0.3, 0.4) is 0 Å². The lowest BCUT2D eigenvalue weighted by Gasteiger charge is -2.41. The molecule has 1 atom stereocenters. The van der Waals surface area contributed by atoms with Crippen molar-refractivity contribution >= 4 is 36.2 Å². The molecule has 0 heterocycles. The smallest absolute Gasteiger partial charge is 0.302 e. The molecule has 4 nitrogen and oxygen atoms in total. The molecule has 0 saturated heterocycles. The van der Waals surface area contributed by atoms with Crippen molar-refractivity contribution in [1.82, 2.24) is 5.09 Å². The molecule has 5 aromatic carbocycles. The lowest BCUT2D eigenvalue weighted by atomic mass is 10.1. The van der Waals surface area contributed by atoms with Crippen molar-refractivity contribution in [3.05, 3.63) is 168 Å². The van der Waals surface area contributed by atoms with E-state index < -0.39 is 19.1 Å². The van der Waals surface area contributed by atoms with Gasteiger partial charge in [0.25, 0.3) is 0 Å². The average molecular weight is 598 g/mol. The van der Waals surface area contributed by atoms with Crippen LogP contribution in [0.15, 0.2) is 152 Å². The van der Waals surface area contributed by atoms with Gasteiger partial charge in [0.2, 0.25) is 0 Å². The van der Waals surface area contributed by atoms with Gasteiger partial charge in [0.15, 0.2) is 0 Å². The Morgan fingerprint density at radius 3 is 1.32 bits per heavy atom. The first-order valence-electron chi connectivity index (χ1n) is 13.5. The lowest BCUT2D eigenvalue weighted by molar-refractivity contribution is 0.169. The molecular formula is C34H33NO3P2S. The highest BCUT2D eigenvalue weighted by Crippen LogP contribution is 2.67. The molecule has 7 heteroatoms. The topological polar surface area (TPSA) is 47.6 Å². The first-order chi connectivity index (χ1) is 19.9. The van der Waals surface area contributed by atoms with Crippen molar-refractivity contribution in [3.63, 3.8) is 0 Å². The maximum absolute atomic E-state index is 15.4. The summed E-state index contributed by atoms with van der Waals surface area (Å²) >= 11 is 6.57. The normalized spacial score (nSPS) is 13.4. The molecule has 208 valence electrons. The largest absolute Gasteiger partial charge is 0.355 e. The van der Waals surface area contributed by atoms with E-state index in [9.17, 15) is 0 Å². The first kappa shape index (κ1) is 29.4. The zero-order chi connectivity index (χ0) is 28.6. The van der Waals surface area contributed by atoms with Gasteiger partial charge in [0, 0.05) is 10.6 Å². The Balaban J connectivity index is 1.65. The Morgan fingerprint density at radius 1 is 0.585 bits per heavy atom. The van der Waals surface area contributed by atoms with E-state index >= 15 is 4.57 Å². The standard InChI is InChI=1S/C34H33NO3P2S/c1-34(31-21-11-4-12-22-31,35-39(41,32-23-13-5-14-24-32)33-25-15-6-16-26-33)40(36,37-27-29-17-7-2-8-18-29)38-28-30-19-9-3-10-20-30/h2-26H,27-28H2,1H3,(H,35,41)/t34-/m1/s1. The molecule has 0 fully saturated rings. The molecule has 0 aromatic heterocycles. The predicted molar refractivity (Wildman–Crippen MR) is 173 cm³/mol. The van der Waals surface area contributed by atoms with Gasteiger partial charge in [-0.15, -0.1) is 0 Å². The molecule has 0 bridgehead atoms. The van der Waals surface area contributed by atoms with Gasteiger partial charge >= 0.3 is 7.60 Å². The van der Waals surface area contributed by atoms with Crippen LogP contribution in [-0.4, -0.2) is 0 Å². The van der Waals surface area contributed by atoms with E-state index in [1.165, 1.54) is 0 Å². The summed E-state index contributed by atoms with van der Waals surface area (Å²) in [5, 5.41) is 4.41. The Morgan fingerprint density at radius 2 is 0.927 bits per heavy atom. The maximum atomic E-state index is 15.4. The minimum Gasteiger partial charge on any atom is -0.302 e. The molecule has 41 heavy (non-hydrogen) atoms. The fourth-order valence-corrected chi connectivity index (χ4v) is 11.3. The van der Waals surface area contributed by atoms with Crippen molar-refractivity contribution in [3.8, 4) is 0 Å². The molecular weight excluding hydrogens is 564 g/mol. The van der Waals surface area contributed by atoms with Gasteiger partial charge in [-0.05, 0) is 23.6 Å². The van der Waals surface area contributed by atoms with Crippen LogP contribution >= 0.6 is 13.8 Å². The van der Waals surface area contributed by atoms with Gasteiger partial charge in [-0.1, -0.05) is 163 Å². The van der Waals surface area contributed by atoms with Crippen LogP contribution in [0.4, 0.5) is 0 Å². The van der Waals surface area contributed by atoms with Crippen molar-refractivity contribution < 1.29 is 13.6 Å². The lowest BCUT2D eigenvalue weighted by Crippen LogP contribution is -2.43. The second-order valence-corrected chi connectivity index (χ2v) is 16.4. The second-order valence-electron chi connectivity index (χ2n) is 9.85. The fourth-order valence-electron chi connectivity index (χ4n) is 4.67. The summed E-state index contributed by atoms with van der Waals surface area (Å²) in [5.41, 5.74) is 2.57. The molecule has 1 N–H and O–H groups in total. The number of hydrogen-bond acceptors (Lipinski definition) is 4. The van der Waals surface area contributed by atoms with Crippen LogP contribution < -0.4 is 15.7 Å². The molecule has 5 rings (SSSR count). The van der Waals surface area contributed by atoms with Crippen LogP contribution in [0.2, 0.25) is 0 Å². The van der Waals surface area contributed by atoms with Gasteiger partial charge in [0.1, 0.15) is 5.28 Å². The van der Waals surface area contributed by atoms with E-state index in [4.69, 9.17) is 20.9 Å². The molecule has 0 aliphatic heterocycles. The molecule has 0 aliphatic carbocycles. The van der Waals surface area contributed by atoms with Crippen LogP contribution in [-0.2, 0) is 43.9 Å². The Hall–Kier alpha value is -3.14. The summed E-state index contributed by atoms with van der Waals surface area (Å²) < 4.78 is 28.2. The molecule has 0 amide bonds. The summed E-state index contributed by atoms with van der Waals surface area (Å²) in [6.07, 6.45) is -2.75. The Bertz CT molecular complexity index is 1530. The summed E-state index contributed by atoms with van der Waals surface area (Å²) in [6.45, 7) is 2.14. The highest BCUT2D eigenvalue weighted by atomic mass is 32.4. The average Bonchev–Trinajstić information content (AvgIpc) is 3.05. The second kappa shape index (κ2) is 13.2. The van der Waals surface area contributed by atoms with Gasteiger partial charge in [0.05, 0.1) is 19.4 Å². The van der Waals surface area contributed by atoms with Gasteiger partial charge in [-0.25, -0.2) is 0 Å². The highest BCUT2D eigenvalue weighted by Gasteiger charge is 2.52. The number of hydrogen-bond donors (Lipinski definition) is 1. The van der Waals surface area contributed by atoms with Crippen molar-refractivity contribution in [2.75, 3.05) is 0 Å². The fraction of sp³-hybridized carbons (Fsp3) is 0.118. The Kier molecular flexibility index (Phi) is 9.47. The monoisotopic (exact) mass is 597 g/mol. The third kappa shape index (κ3) is 6.68. The zero-order valence-electron chi connectivity index (χ0n) is 22.9. The van der Waals surface area contributed by atoms with Crippen molar-refractivity contribution in [2.45, 2.75) is 25.4 Å². The summed E-state index contributed by atoms with van der Waals surface area (Å²) in [5.74, 6) is 0. The van der Waals surface area contributed by atoms with E-state index in [0.717, 1.165) is 27.3 Å². The van der Waals surface area contributed by atoms with E-state index in [-0.39, 0.29) is 13.2 Å². The number of rotatable bonds is 12. The van der Waals surface area contributed by atoms with Gasteiger partial charge < -0.3 is 9.05 Å². The van der Waals surface area contributed by atoms with Crippen LogP contribution in [0.1, 0.15) is 23.6 Å². The van der Waals surface area contributed by atoms with Crippen LogP contribution in [0, 0.1) is 0 Å². The van der Waals surface area contributed by atoms with E-state index in [2.05, 4.69) is 5.09 Å². The Labute approximate surface area is 248 Å². The molecule has 5 aromatic rings. The minimum atomic E-state index is -3.98. The third-order valence-corrected chi connectivity index (χ3v) is 13.9. The summed E-state index contributed by atoms with van der Waals surface area (Å²) in [7, 11) is -3.98. The van der Waals surface area contributed by atoms with Gasteiger partial charge in [-0.2, -0.15) is 0 Å². The van der Waals surface area contributed by atoms with E-state index in [1.807, 2.05) is 159 Å². The molecule has 0 aliphatic rings. The first-order valence-corrected chi connectivity index (χ1v) is 17.8. The van der Waals surface area contributed by atoms with E-state index in [0.29, 0.717) is 0 Å². The predicted octanol–water partition coefficient (Wildman–Crippen LogP) is 8.12. The third-order valence-electron chi connectivity index (χ3n) is 6.99. The zero-order valence-corrected chi connectivity index (χ0v) is 25.5. The quantitative estimate of drug-likeness (QED) is 0.147. The number of nitrogens with one attached hydrogen (secondary N) is 1. The maximum Gasteiger partial charge on any atom is 0.355 e. The molecule has 0 spiro atoms. The SMILES string of the molecule is C[C@](NP(=S)(c1ccccc1)c1ccccc1)(c1ccccc1)P(=O)(OCc1ccccc1)OCc1ccccc1. The summed E-state index contributed by atoms with van der Waals surface area (Å²) in [4.78, 5) is 0. The van der Waals surface area contributed by atoms with Crippen molar-refractivity contribution in [1.29, 1.82) is 0 Å². The van der Waals surface area contributed by atoms with Crippen LogP contribution in [0.5, 0.6) is 0 Å². The molecule has 0 unspecified atom stereocenters. The summed E-state index contributed by atoms with van der Waals surface area (Å²) in [6, 6.07) is 49.2. The molecule has 0 radical (unpaired) electrons. The molecule has 0 saturated carbocycles. The minimum absolute atomic E-state index is 0.122. The number of benzene rings is 5. The van der Waals surface area contributed by atoms with Gasteiger partial charge in [-0.3, -0.25) is 9.65 Å².